The smallest absolute Gasteiger partial charge is 0.295 e. The van der Waals surface area contributed by atoms with Crippen LogP contribution in [-0.4, -0.2) is 54.2 Å². The van der Waals surface area contributed by atoms with E-state index in [4.69, 9.17) is 32.7 Å². The molecule has 0 bridgehead atoms. The fraction of sp³-hybridized carbons (Fsp3) is 0.238. The standard InChI is InChI=1S/C21H19Cl2NO6/c1-29-7-6-24-17(11-4-3-5-13(25)8-11)16(19(27)21(24)28)18(26)14-9-12(22)10-15(23)20(14)30-2/h3-5,8-10,17,25-26H,6-7H2,1-2H3/b18-16+. The summed E-state index contributed by atoms with van der Waals surface area (Å²) >= 11 is 12.2. The molecule has 0 aliphatic carbocycles. The van der Waals surface area contributed by atoms with Gasteiger partial charge in [-0.3, -0.25) is 9.59 Å². The molecular formula is C21H19Cl2NO6. The van der Waals surface area contributed by atoms with Crippen LogP contribution in [0.4, 0.5) is 0 Å². The lowest BCUT2D eigenvalue weighted by atomic mass is 9.95. The number of nitrogens with zero attached hydrogens (tertiary/aromatic N) is 1. The summed E-state index contributed by atoms with van der Waals surface area (Å²) in [5.41, 5.74) is 0.349. The minimum Gasteiger partial charge on any atom is -0.508 e. The summed E-state index contributed by atoms with van der Waals surface area (Å²) in [5.74, 6) is -2.10. The van der Waals surface area contributed by atoms with Crippen LogP contribution < -0.4 is 4.74 Å². The first-order valence-electron chi connectivity index (χ1n) is 8.89. The van der Waals surface area contributed by atoms with Crippen molar-refractivity contribution < 1.29 is 29.3 Å². The minimum atomic E-state index is -0.949. The monoisotopic (exact) mass is 451 g/mol. The number of carbonyl (C=O) groups excluding carboxylic acids is 2. The van der Waals surface area contributed by atoms with Gasteiger partial charge in [0.1, 0.15) is 17.3 Å². The third kappa shape index (κ3) is 3.96. The number of hydrogen-bond acceptors (Lipinski definition) is 6. The lowest BCUT2D eigenvalue weighted by Crippen LogP contribution is -2.32. The van der Waals surface area contributed by atoms with E-state index in [0.29, 0.717) is 5.56 Å². The number of ether oxygens (including phenoxy) is 2. The Morgan fingerprint density at radius 3 is 2.53 bits per heavy atom. The molecule has 0 saturated carbocycles. The largest absolute Gasteiger partial charge is 0.508 e. The first-order valence-corrected chi connectivity index (χ1v) is 9.65. The van der Waals surface area contributed by atoms with Crippen LogP contribution in [0, 0.1) is 0 Å². The molecule has 158 valence electrons. The van der Waals surface area contributed by atoms with Crippen molar-refractivity contribution in [2.24, 2.45) is 0 Å². The fourth-order valence-corrected chi connectivity index (χ4v) is 4.00. The van der Waals surface area contributed by atoms with Crippen LogP contribution in [-0.2, 0) is 14.3 Å². The van der Waals surface area contributed by atoms with Crippen LogP contribution in [0.1, 0.15) is 17.2 Å². The quantitative estimate of drug-likeness (QED) is 0.394. The molecule has 1 fully saturated rings. The Bertz CT molecular complexity index is 1040. The number of methoxy groups -OCH3 is 2. The third-order valence-electron chi connectivity index (χ3n) is 4.73. The van der Waals surface area contributed by atoms with E-state index in [1.165, 1.54) is 43.4 Å². The number of aliphatic hydroxyl groups excluding tert-OH is 1. The molecule has 1 saturated heterocycles. The number of aliphatic hydroxyl groups is 1. The molecule has 3 rings (SSSR count). The van der Waals surface area contributed by atoms with Gasteiger partial charge in [0.2, 0.25) is 0 Å². The second-order valence-electron chi connectivity index (χ2n) is 6.55. The van der Waals surface area contributed by atoms with Gasteiger partial charge in [-0.25, -0.2) is 0 Å². The molecule has 2 aromatic rings. The van der Waals surface area contributed by atoms with Crippen molar-refractivity contribution in [3.8, 4) is 11.5 Å². The summed E-state index contributed by atoms with van der Waals surface area (Å²) in [7, 11) is 2.83. The van der Waals surface area contributed by atoms with E-state index >= 15 is 0 Å². The maximum atomic E-state index is 12.9. The van der Waals surface area contributed by atoms with E-state index < -0.39 is 23.5 Å². The number of halogens is 2. The fourth-order valence-electron chi connectivity index (χ4n) is 3.43. The molecule has 30 heavy (non-hydrogen) atoms. The Morgan fingerprint density at radius 2 is 1.90 bits per heavy atom. The van der Waals surface area contributed by atoms with Crippen LogP contribution in [0.25, 0.3) is 5.76 Å². The van der Waals surface area contributed by atoms with Gasteiger partial charge < -0.3 is 24.6 Å². The highest BCUT2D eigenvalue weighted by atomic mass is 35.5. The average Bonchev–Trinajstić information content (AvgIpc) is 2.96. The summed E-state index contributed by atoms with van der Waals surface area (Å²) in [6.45, 7) is 0.278. The van der Waals surface area contributed by atoms with Gasteiger partial charge in [0, 0.05) is 18.7 Å². The molecule has 1 atom stereocenters. The number of aromatic hydroxyl groups is 1. The number of phenols is 1. The van der Waals surface area contributed by atoms with E-state index in [-0.39, 0.29) is 45.8 Å². The van der Waals surface area contributed by atoms with Gasteiger partial charge in [0.25, 0.3) is 11.7 Å². The van der Waals surface area contributed by atoms with Gasteiger partial charge in [-0.15, -0.1) is 0 Å². The minimum absolute atomic E-state index is 0.0480. The van der Waals surface area contributed by atoms with Gasteiger partial charge in [-0.05, 0) is 29.8 Å². The molecule has 2 aromatic carbocycles. The zero-order chi connectivity index (χ0) is 22.0. The van der Waals surface area contributed by atoms with Gasteiger partial charge in [0.15, 0.2) is 0 Å². The number of ketones is 1. The molecule has 0 spiro atoms. The Morgan fingerprint density at radius 1 is 1.17 bits per heavy atom. The maximum Gasteiger partial charge on any atom is 0.295 e. The van der Waals surface area contributed by atoms with E-state index in [1.54, 1.807) is 12.1 Å². The number of hydrogen-bond donors (Lipinski definition) is 2. The molecule has 1 amide bonds. The topological polar surface area (TPSA) is 96.3 Å². The lowest BCUT2D eigenvalue weighted by molar-refractivity contribution is -0.140. The number of benzene rings is 2. The van der Waals surface area contributed by atoms with Crippen molar-refractivity contribution in [3.63, 3.8) is 0 Å². The number of phenolic OH excluding ortho intramolecular Hbond substituents is 1. The summed E-state index contributed by atoms with van der Waals surface area (Å²) < 4.78 is 10.3. The Labute approximate surface area is 183 Å². The molecular weight excluding hydrogens is 433 g/mol. The average molecular weight is 452 g/mol. The van der Waals surface area contributed by atoms with Crippen molar-refractivity contribution >= 4 is 40.7 Å². The zero-order valence-corrected chi connectivity index (χ0v) is 17.7. The molecule has 2 N–H and O–H groups in total. The van der Waals surface area contributed by atoms with Gasteiger partial charge in [-0.2, -0.15) is 0 Å². The summed E-state index contributed by atoms with van der Waals surface area (Å²) in [6.07, 6.45) is 0. The molecule has 1 unspecified atom stereocenters. The van der Waals surface area contributed by atoms with Crippen molar-refractivity contribution in [2.45, 2.75) is 6.04 Å². The lowest BCUT2D eigenvalue weighted by Gasteiger charge is -2.25. The Kier molecular flexibility index (Phi) is 6.55. The van der Waals surface area contributed by atoms with Crippen LogP contribution in [0.5, 0.6) is 11.5 Å². The van der Waals surface area contributed by atoms with Crippen molar-refractivity contribution in [1.82, 2.24) is 4.90 Å². The summed E-state index contributed by atoms with van der Waals surface area (Å²) in [4.78, 5) is 26.9. The van der Waals surface area contributed by atoms with Gasteiger partial charge in [0.05, 0.1) is 35.9 Å². The van der Waals surface area contributed by atoms with E-state index in [0.717, 1.165) is 0 Å². The molecule has 0 aromatic heterocycles. The number of likely N-dealkylation sites (tertiary alicyclic amines) is 1. The van der Waals surface area contributed by atoms with E-state index in [9.17, 15) is 19.8 Å². The van der Waals surface area contributed by atoms with Crippen LogP contribution >= 0.6 is 23.2 Å². The van der Waals surface area contributed by atoms with E-state index in [2.05, 4.69) is 0 Å². The maximum absolute atomic E-state index is 12.9. The van der Waals surface area contributed by atoms with Crippen LogP contribution in [0.2, 0.25) is 10.0 Å². The van der Waals surface area contributed by atoms with Crippen molar-refractivity contribution in [1.29, 1.82) is 0 Å². The molecule has 0 radical (unpaired) electrons. The molecule has 1 aliphatic rings. The Balaban J connectivity index is 2.27. The Hall–Kier alpha value is -2.74. The second-order valence-corrected chi connectivity index (χ2v) is 7.39. The number of rotatable bonds is 6. The summed E-state index contributed by atoms with van der Waals surface area (Å²) in [5, 5.41) is 21.4. The third-order valence-corrected chi connectivity index (χ3v) is 5.23. The highest BCUT2D eigenvalue weighted by Gasteiger charge is 2.46. The first kappa shape index (κ1) is 22.0. The van der Waals surface area contributed by atoms with E-state index in [1.807, 2.05) is 0 Å². The molecule has 7 nitrogen and oxygen atoms in total. The predicted molar refractivity (Wildman–Crippen MR) is 112 cm³/mol. The number of carbonyl (C=O) groups is 2. The molecule has 9 heteroatoms. The van der Waals surface area contributed by atoms with Gasteiger partial charge >= 0.3 is 0 Å². The van der Waals surface area contributed by atoms with Crippen LogP contribution in [0.3, 0.4) is 0 Å². The first-order chi connectivity index (χ1) is 14.3. The van der Waals surface area contributed by atoms with Crippen molar-refractivity contribution in [3.05, 3.63) is 63.1 Å². The normalized spacial score (nSPS) is 18.1. The van der Waals surface area contributed by atoms with Gasteiger partial charge in [-0.1, -0.05) is 35.3 Å². The summed E-state index contributed by atoms with van der Waals surface area (Å²) in [6, 6.07) is 7.99. The van der Waals surface area contributed by atoms with Crippen molar-refractivity contribution in [2.75, 3.05) is 27.4 Å². The molecule has 1 heterocycles. The number of amides is 1. The zero-order valence-electron chi connectivity index (χ0n) is 16.2. The van der Waals surface area contributed by atoms with Crippen LogP contribution in [0.15, 0.2) is 42.0 Å². The predicted octanol–water partition coefficient (Wildman–Crippen LogP) is 3.78. The SMILES string of the molecule is COCCN1C(=O)C(=O)/C(=C(/O)c2cc(Cl)cc(Cl)c2OC)C1c1cccc(O)c1. The highest BCUT2D eigenvalue weighted by molar-refractivity contribution is 6.46. The second kappa shape index (κ2) is 8.95. The highest BCUT2D eigenvalue weighted by Crippen LogP contribution is 2.43. The number of Topliss-reactive ketones (excluding diaryl/α,β-unsaturated/α-hetero) is 1. The molecule has 1 aliphatic heterocycles.